The van der Waals surface area contributed by atoms with Crippen LogP contribution in [0.3, 0.4) is 0 Å². The Labute approximate surface area is 118 Å². The monoisotopic (exact) mass is 268 g/mol. The zero-order chi connectivity index (χ0) is 14.5. The highest BCUT2D eigenvalue weighted by atomic mass is 16.2. The molecule has 0 heterocycles. The largest absolute Gasteiger partial charge is 0.345 e. The minimum absolute atomic E-state index is 0.242. The molecular formula is C16H32N2O. The average Bonchev–Trinajstić information content (AvgIpc) is 2.26. The van der Waals surface area contributed by atoms with Crippen LogP contribution in [0.2, 0.25) is 0 Å². The second-order valence-electron chi connectivity index (χ2n) is 7.25. The van der Waals surface area contributed by atoms with Crippen molar-refractivity contribution >= 4 is 5.91 Å². The van der Waals surface area contributed by atoms with Crippen molar-refractivity contribution in [2.75, 3.05) is 20.1 Å². The highest BCUT2D eigenvalue weighted by Crippen LogP contribution is 2.32. The molecule has 1 rings (SSSR count). The Morgan fingerprint density at radius 1 is 1.32 bits per heavy atom. The van der Waals surface area contributed by atoms with Gasteiger partial charge in [0.25, 0.3) is 0 Å². The number of nitrogens with zero attached hydrogens (tertiary/aromatic N) is 1. The van der Waals surface area contributed by atoms with Crippen LogP contribution in [0.15, 0.2) is 0 Å². The lowest BCUT2D eigenvalue weighted by Gasteiger charge is -2.32. The van der Waals surface area contributed by atoms with Gasteiger partial charge in [-0.1, -0.05) is 27.2 Å². The molecule has 1 unspecified atom stereocenters. The fourth-order valence-corrected chi connectivity index (χ4v) is 2.86. The van der Waals surface area contributed by atoms with Crippen LogP contribution >= 0.6 is 0 Å². The summed E-state index contributed by atoms with van der Waals surface area (Å²) < 4.78 is 0. The van der Waals surface area contributed by atoms with Gasteiger partial charge in [0.15, 0.2) is 0 Å². The Bertz CT molecular complexity index is 279. The third kappa shape index (κ3) is 5.52. The highest BCUT2D eigenvalue weighted by Gasteiger charge is 2.26. The fourth-order valence-electron chi connectivity index (χ4n) is 2.86. The first-order valence-corrected chi connectivity index (χ1v) is 7.78. The summed E-state index contributed by atoms with van der Waals surface area (Å²) in [6, 6.07) is 0. The van der Waals surface area contributed by atoms with E-state index in [9.17, 15) is 4.79 Å². The number of nitrogens with two attached hydrogens (primary N) is 1. The minimum Gasteiger partial charge on any atom is -0.345 e. The predicted octanol–water partition coefficient (Wildman–Crippen LogP) is 3.04. The van der Waals surface area contributed by atoms with Crippen molar-refractivity contribution in [3.05, 3.63) is 0 Å². The first kappa shape index (κ1) is 16.5. The maximum atomic E-state index is 12.1. The Morgan fingerprint density at radius 3 is 2.37 bits per heavy atom. The lowest BCUT2D eigenvalue weighted by molar-refractivity contribution is -0.131. The van der Waals surface area contributed by atoms with Gasteiger partial charge in [0.05, 0.1) is 0 Å². The van der Waals surface area contributed by atoms with Gasteiger partial charge in [-0.2, -0.15) is 0 Å². The van der Waals surface area contributed by atoms with E-state index in [1.165, 1.54) is 19.3 Å². The predicted molar refractivity (Wildman–Crippen MR) is 80.8 cm³/mol. The van der Waals surface area contributed by atoms with Crippen LogP contribution in [0.1, 0.15) is 59.3 Å². The molecule has 1 aliphatic carbocycles. The molecule has 19 heavy (non-hydrogen) atoms. The van der Waals surface area contributed by atoms with Crippen LogP contribution in [0, 0.1) is 17.3 Å². The number of amides is 1. The Kier molecular flexibility index (Phi) is 6.31. The van der Waals surface area contributed by atoms with E-state index < -0.39 is 0 Å². The molecule has 1 amide bonds. The standard InChI is InChI=1S/C16H32N2O/c1-16(2,3)14(10-11-17)8-9-15(19)18(4)12-13-6-5-7-13/h13-14H,5-12,17H2,1-4H3. The third-order valence-electron chi connectivity index (χ3n) is 4.63. The molecule has 0 aliphatic heterocycles. The molecule has 1 fully saturated rings. The molecule has 3 nitrogen and oxygen atoms in total. The van der Waals surface area contributed by atoms with E-state index in [-0.39, 0.29) is 5.41 Å². The van der Waals surface area contributed by atoms with Crippen LogP contribution in [0.4, 0.5) is 0 Å². The Morgan fingerprint density at radius 2 is 1.95 bits per heavy atom. The smallest absolute Gasteiger partial charge is 0.222 e. The van der Waals surface area contributed by atoms with Crippen LogP contribution in [0.5, 0.6) is 0 Å². The van der Waals surface area contributed by atoms with E-state index in [1.54, 1.807) is 0 Å². The van der Waals surface area contributed by atoms with Crippen molar-refractivity contribution in [1.29, 1.82) is 0 Å². The molecular weight excluding hydrogens is 236 g/mol. The number of hydrogen-bond donors (Lipinski definition) is 1. The fraction of sp³-hybridized carbons (Fsp3) is 0.938. The summed E-state index contributed by atoms with van der Waals surface area (Å²) in [7, 11) is 1.95. The molecule has 0 bridgehead atoms. The molecule has 1 saturated carbocycles. The Hall–Kier alpha value is -0.570. The maximum Gasteiger partial charge on any atom is 0.222 e. The zero-order valence-electron chi connectivity index (χ0n) is 13.2. The van der Waals surface area contributed by atoms with E-state index in [1.807, 2.05) is 11.9 Å². The molecule has 112 valence electrons. The van der Waals surface area contributed by atoms with Gasteiger partial charge in [0.1, 0.15) is 0 Å². The first-order valence-electron chi connectivity index (χ1n) is 7.78. The summed E-state index contributed by atoms with van der Waals surface area (Å²) in [5, 5.41) is 0. The number of rotatable bonds is 7. The average molecular weight is 268 g/mol. The third-order valence-corrected chi connectivity index (χ3v) is 4.63. The van der Waals surface area contributed by atoms with E-state index in [2.05, 4.69) is 20.8 Å². The molecule has 0 aromatic rings. The Balaban J connectivity index is 2.33. The SMILES string of the molecule is CN(CC1CCC1)C(=O)CCC(CCN)C(C)(C)C. The van der Waals surface area contributed by atoms with E-state index in [0.29, 0.717) is 24.8 Å². The van der Waals surface area contributed by atoms with Gasteiger partial charge in [0.2, 0.25) is 5.91 Å². The minimum atomic E-state index is 0.242. The summed E-state index contributed by atoms with van der Waals surface area (Å²) in [6.07, 6.45) is 6.60. The van der Waals surface area contributed by atoms with Crippen molar-refractivity contribution in [2.24, 2.45) is 23.0 Å². The molecule has 0 saturated heterocycles. The summed E-state index contributed by atoms with van der Waals surface area (Å²) in [5.74, 6) is 1.60. The van der Waals surface area contributed by atoms with Crippen molar-refractivity contribution in [3.63, 3.8) is 0 Å². The van der Waals surface area contributed by atoms with Crippen molar-refractivity contribution < 1.29 is 4.79 Å². The topological polar surface area (TPSA) is 46.3 Å². The molecule has 3 heteroatoms. The van der Waals surface area contributed by atoms with Crippen LogP contribution in [-0.2, 0) is 4.79 Å². The quantitative estimate of drug-likeness (QED) is 0.771. The maximum absolute atomic E-state index is 12.1. The van der Waals surface area contributed by atoms with Crippen LogP contribution in [0.25, 0.3) is 0 Å². The zero-order valence-corrected chi connectivity index (χ0v) is 13.2. The van der Waals surface area contributed by atoms with E-state index in [0.717, 1.165) is 25.3 Å². The molecule has 2 N–H and O–H groups in total. The summed E-state index contributed by atoms with van der Waals surface area (Å²) in [5.41, 5.74) is 5.93. The van der Waals surface area contributed by atoms with Crippen LogP contribution in [-0.4, -0.2) is 30.9 Å². The van der Waals surface area contributed by atoms with Gasteiger partial charge in [-0.25, -0.2) is 0 Å². The lowest BCUT2D eigenvalue weighted by Crippen LogP contribution is -2.35. The summed E-state index contributed by atoms with van der Waals surface area (Å²) in [6.45, 7) is 8.41. The first-order chi connectivity index (χ1) is 8.84. The molecule has 1 atom stereocenters. The second-order valence-corrected chi connectivity index (χ2v) is 7.25. The van der Waals surface area contributed by atoms with Crippen LogP contribution < -0.4 is 5.73 Å². The number of carbonyl (C=O) groups excluding carboxylic acids is 1. The molecule has 1 aliphatic rings. The molecule has 0 spiro atoms. The normalized spacial score (nSPS) is 17.9. The van der Waals surface area contributed by atoms with Gasteiger partial charge in [0, 0.05) is 20.0 Å². The van der Waals surface area contributed by atoms with Gasteiger partial charge in [-0.3, -0.25) is 4.79 Å². The van der Waals surface area contributed by atoms with E-state index in [4.69, 9.17) is 5.73 Å². The van der Waals surface area contributed by atoms with E-state index >= 15 is 0 Å². The number of carbonyl (C=O) groups is 1. The highest BCUT2D eigenvalue weighted by molar-refractivity contribution is 5.75. The molecule has 0 radical (unpaired) electrons. The second kappa shape index (κ2) is 7.28. The van der Waals surface area contributed by atoms with Crippen molar-refractivity contribution in [3.8, 4) is 0 Å². The summed E-state index contributed by atoms with van der Waals surface area (Å²) >= 11 is 0. The van der Waals surface area contributed by atoms with Crippen molar-refractivity contribution in [2.45, 2.75) is 59.3 Å². The number of hydrogen-bond acceptors (Lipinski definition) is 2. The summed E-state index contributed by atoms with van der Waals surface area (Å²) in [4.78, 5) is 14.1. The van der Waals surface area contributed by atoms with Gasteiger partial charge in [-0.15, -0.1) is 0 Å². The lowest BCUT2D eigenvalue weighted by atomic mass is 9.76. The molecule has 0 aromatic carbocycles. The van der Waals surface area contributed by atoms with Gasteiger partial charge < -0.3 is 10.6 Å². The van der Waals surface area contributed by atoms with Gasteiger partial charge in [-0.05, 0) is 49.5 Å². The molecule has 0 aromatic heterocycles. The van der Waals surface area contributed by atoms with Gasteiger partial charge >= 0.3 is 0 Å². The van der Waals surface area contributed by atoms with Crippen molar-refractivity contribution in [1.82, 2.24) is 4.90 Å².